The van der Waals surface area contributed by atoms with Gasteiger partial charge in [0.1, 0.15) is 5.60 Å². The van der Waals surface area contributed by atoms with Gasteiger partial charge in [0.05, 0.1) is 17.9 Å². The van der Waals surface area contributed by atoms with Gasteiger partial charge in [0.2, 0.25) is 0 Å². The maximum absolute atomic E-state index is 11.7. The van der Waals surface area contributed by atoms with Crippen molar-refractivity contribution in [2.45, 2.75) is 33.3 Å². The van der Waals surface area contributed by atoms with E-state index in [4.69, 9.17) is 9.47 Å². The zero-order chi connectivity index (χ0) is 15.3. The van der Waals surface area contributed by atoms with Gasteiger partial charge in [-0.3, -0.25) is 5.32 Å². The molecule has 0 bridgehead atoms. The first-order valence-corrected chi connectivity index (χ1v) is 6.99. The molecule has 0 aliphatic rings. The Morgan fingerprint density at radius 3 is 2.45 bits per heavy atom. The molecule has 1 aromatic carbocycles. The summed E-state index contributed by atoms with van der Waals surface area (Å²) in [4.78, 5) is 23.2. The van der Waals surface area contributed by atoms with Gasteiger partial charge >= 0.3 is 12.1 Å². The summed E-state index contributed by atoms with van der Waals surface area (Å²) < 4.78 is 10.6. The molecule has 0 saturated carbocycles. The van der Waals surface area contributed by atoms with E-state index in [2.05, 4.69) is 21.2 Å². The van der Waals surface area contributed by atoms with Crippen molar-refractivity contribution in [3.63, 3.8) is 0 Å². The van der Waals surface area contributed by atoms with Gasteiger partial charge in [-0.1, -0.05) is 0 Å². The third kappa shape index (κ3) is 5.21. The second kappa shape index (κ2) is 6.74. The SMILES string of the molecule is CCOC(=O)c1ccc(NC(=O)OC(C)(C)C)c(Br)c1. The summed E-state index contributed by atoms with van der Waals surface area (Å²) in [6, 6.07) is 4.78. The van der Waals surface area contributed by atoms with Crippen molar-refractivity contribution in [3.05, 3.63) is 28.2 Å². The molecule has 0 unspecified atom stereocenters. The number of carbonyl (C=O) groups excluding carboxylic acids is 2. The number of nitrogens with one attached hydrogen (secondary N) is 1. The molecule has 1 rings (SSSR count). The maximum Gasteiger partial charge on any atom is 0.412 e. The van der Waals surface area contributed by atoms with Crippen molar-refractivity contribution in [3.8, 4) is 0 Å². The topological polar surface area (TPSA) is 64.6 Å². The summed E-state index contributed by atoms with van der Waals surface area (Å²) in [7, 11) is 0. The molecule has 0 saturated heterocycles. The molecule has 1 aromatic rings. The zero-order valence-corrected chi connectivity index (χ0v) is 13.5. The van der Waals surface area contributed by atoms with E-state index in [1.807, 2.05) is 0 Å². The molecule has 0 spiro atoms. The van der Waals surface area contributed by atoms with Gasteiger partial charge in [0.15, 0.2) is 0 Å². The molecule has 0 aliphatic heterocycles. The van der Waals surface area contributed by atoms with Crippen LogP contribution < -0.4 is 5.32 Å². The largest absolute Gasteiger partial charge is 0.462 e. The number of benzene rings is 1. The summed E-state index contributed by atoms with van der Waals surface area (Å²) in [6.07, 6.45) is -0.554. The molecule has 0 heterocycles. The molecule has 110 valence electrons. The van der Waals surface area contributed by atoms with Crippen LogP contribution >= 0.6 is 15.9 Å². The first-order valence-electron chi connectivity index (χ1n) is 6.19. The van der Waals surface area contributed by atoms with Crippen LogP contribution in [0.1, 0.15) is 38.1 Å². The summed E-state index contributed by atoms with van der Waals surface area (Å²) in [5, 5.41) is 2.60. The summed E-state index contributed by atoms with van der Waals surface area (Å²) >= 11 is 3.30. The lowest BCUT2D eigenvalue weighted by Crippen LogP contribution is -2.27. The Morgan fingerprint density at radius 1 is 1.30 bits per heavy atom. The maximum atomic E-state index is 11.7. The molecule has 0 aromatic heterocycles. The quantitative estimate of drug-likeness (QED) is 0.843. The second-order valence-corrected chi connectivity index (χ2v) is 5.90. The third-order valence-electron chi connectivity index (χ3n) is 2.12. The summed E-state index contributed by atoms with van der Waals surface area (Å²) in [6.45, 7) is 7.40. The number of halogens is 1. The second-order valence-electron chi connectivity index (χ2n) is 5.04. The van der Waals surface area contributed by atoms with E-state index in [0.717, 1.165) is 0 Å². The van der Waals surface area contributed by atoms with Gasteiger partial charge < -0.3 is 9.47 Å². The van der Waals surface area contributed by atoms with E-state index >= 15 is 0 Å². The highest BCUT2D eigenvalue weighted by atomic mass is 79.9. The fourth-order valence-electron chi connectivity index (χ4n) is 1.37. The molecule has 0 fully saturated rings. The van der Waals surface area contributed by atoms with Crippen molar-refractivity contribution >= 4 is 33.7 Å². The van der Waals surface area contributed by atoms with Crippen LogP contribution in [0.2, 0.25) is 0 Å². The van der Waals surface area contributed by atoms with Gasteiger partial charge in [-0.2, -0.15) is 0 Å². The normalized spacial score (nSPS) is 10.8. The molecule has 0 aliphatic carbocycles. The monoisotopic (exact) mass is 343 g/mol. The van der Waals surface area contributed by atoms with E-state index in [-0.39, 0.29) is 0 Å². The van der Waals surface area contributed by atoms with Crippen molar-refractivity contribution in [1.82, 2.24) is 0 Å². The van der Waals surface area contributed by atoms with E-state index < -0.39 is 17.7 Å². The molecule has 5 nitrogen and oxygen atoms in total. The predicted molar refractivity (Wildman–Crippen MR) is 80.0 cm³/mol. The van der Waals surface area contributed by atoms with Crippen molar-refractivity contribution < 1.29 is 19.1 Å². The number of rotatable bonds is 3. The summed E-state index contributed by atoms with van der Waals surface area (Å²) in [5.41, 5.74) is 0.363. The van der Waals surface area contributed by atoms with E-state index in [0.29, 0.717) is 22.3 Å². The zero-order valence-electron chi connectivity index (χ0n) is 12.0. The minimum absolute atomic E-state index is 0.314. The average molecular weight is 344 g/mol. The van der Waals surface area contributed by atoms with Crippen LogP contribution in [-0.2, 0) is 9.47 Å². The van der Waals surface area contributed by atoms with Crippen molar-refractivity contribution in [1.29, 1.82) is 0 Å². The Hall–Kier alpha value is -1.56. The minimum atomic E-state index is -0.568. The Morgan fingerprint density at radius 2 is 1.95 bits per heavy atom. The molecular weight excluding hydrogens is 326 g/mol. The number of hydrogen-bond donors (Lipinski definition) is 1. The minimum Gasteiger partial charge on any atom is -0.462 e. The summed E-state index contributed by atoms with van der Waals surface area (Å²) in [5.74, 6) is -0.406. The Kier molecular flexibility index (Phi) is 5.56. The molecule has 20 heavy (non-hydrogen) atoms. The number of amides is 1. The van der Waals surface area contributed by atoms with E-state index in [9.17, 15) is 9.59 Å². The lowest BCUT2D eigenvalue weighted by Gasteiger charge is -2.20. The smallest absolute Gasteiger partial charge is 0.412 e. The first-order chi connectivity index (χ1) is 9.23. The van der Waals surface area contributed by atoms with Crippen LogP contribution in [0.3, 0.4) is 0 Å². The first kappa shape index (κ1) is 16.5. The predicted octanol–water partition coefficient (Wildman–Crippen LogP) is 3.97. The lowest BCUT2D eigenvalue weighted by atomic mass is 10.2. The van der Waals surface area contributed by atoms with E-state index in [1.165, 1.54) is 0 Å². The van der Waals surface area contributed by atoms with Crippen molar-refractivity contribution in [2.24, 2.45) is 0 Å². The number of ether oxygens (including phenoxy) is 2. The van der Waals surface area contributed by atoms with Gasteiger partial charge in [-0.25, -0.2) is 9.59 Å². The number of hydrogen-bond acceptors (Lipinski definition) is 4. The number of esters is 1. The highest BCUT2D eigenvalue weighted by molar-refractivity contribution is 9.10. The van der Waals surface area contributed by atoms with Crippen molar-refractivity contribution in [2.75, 3.05) is 11.9 Å². The van der Waals surface area contributed by atoms with Crippen LogP contribution in [0.15, 0.2) is 22.7 Å². The molecule has 1 amide bonds. The fraction of sp³-hybridized carbons (Fsp3) is 0.429. The van der Waals surface area contributed by atoms with Gasteiger partial charge in [-0.15, -0.1) is 0 Å². The van der Waals surface area contributed by atoms with Gasteiger partial charge in [0, 0.05) is 4.47 Å². The van der Waals surface area contributed by atoms with E-state index in [1.54, 1.807) is 45.9 Å². The number of carbonyl (C=O) groups is 2. The molecule has 0 radical (unpaired) electrons. The fourth-order valence-corrected chi connectivity index (χ4v) is 1.85. The van der Waals surface area contributed by atoms with Crippen LogP contribution in [0.25, 0.3) is 0 Å². The van der Waals surface area contributed by atoms with Gasteiger partial charge in [0.25, 0.3) is 0 Å². The third-order valence-corrected chi connectivity index (χ3v) is 2.77. The highest BCUT2D eigenvalue weighted by Gasteiger charge is 2.17. The Labute approximate surface area is 126 Å². The molecule has 6 heteroatoms. The van der Waals surface area contributed by atoms with Crippen LogP contribution in [-0.4, -0.2) is 24.3 Å². The van der Waals surface area contributed by atoms with Crippen LogP contribution in [0, 0.1) is 0 Å². The standard InChI is InChI=1S/C14H18BrNO4/c1-5-19-12(17)9-6-7-11(10(15)8-9)16-13(18)20-14(2,3)4/h6-8H,5H2,1-4H3,(H,16,18). The molecular formula is C14H18BrNO4. The average Bonchev–Trinajstić information content (AvgIpc) is 2.29. The van der Waals surface area contributed by atoms with Crippen LogP contribution in [0.4, 0.5) is 10.5 Å². The lowest BCUT2D eigenvalue weighted by molar-refractivity contribution is 0.0525. The highest BCUT2D eigenvalue weighted by Crippen LogP contribution is 2.24. The van der Waals surface area contributed by atoms with Gasteiger partial charge in [-0.05, 0) is 61.8 Å². The number of anilines is 1. The Balaban J connectivity index is 2.79. The van der Waals surface area contributed by atoms with Crippen LogP contribution in [0.5, 0.6) is 0 Å². The Bertz CT molecular complexity index is 508. The molecule has 1 N–H and O–H groups in total. The molecule has 0 atom stereocenters.